The van der Waals surface area contributed by atoms with Crippen molar-refractivity contribution >= 4 is 11.9 Å². The predicted octanol–water partition coefficient (Wildman–Crippen LogP) is -0.236. The zero-order chi connectivity index (χ0) is 20.9. The molecule has 0 atom stereocenters. The minimum atomic E-state index is -1.08. The van der Waals surface area contributed by atoms with Gasteiger partial charge in [-0.05, 0) is 13.8 Å². The first kappa shape index (κ1) is 40.4. The Bertz CT molecular complexity index is 203. The Kier molecular flexibility index (Phi) is 77.3. The van der Waals surface area contributed by atoms with E-state index in [4.69, 9.17) is 9.90 Å². The fraction of sp³-hybridized carbons (Fsp3) is 0.889. The summed E-state index contributed by atoms with van der Waals surface area (Å²) in [5, 5.41) is 37.5. The average Bonchev–Trinajstić information content (AvgIpc) is 2.51. The first-order valence-corrected chi connectivity index (χ1v) is 8.80. The molecule has 0 fully saturated rings. The van der Waals surface area contributed by atoms with Crippen LogP contribution in [0, 0.1) is 0 Å². The van der Waals surface area contributed by atoms with Gasteiger partial charge in [0.2, 0.25) is 0 Å². The molecule has 0 rings (SSSR count). The van der Waals surface area contributed by atoms with Crippen LogP contribution >= 0.6 is 0 Å². The van der Waals surface area contributed by atoms with E-state index in [1.54, 1.807) is 6.92 Å². The van der Waals surface area contributed by atoms with Crippen LogP contribution in [0.15, 0.2) is 0 Å². The Morgan fingerprint density at radius 1 is 0.731 bits per heavy atom. The summed E-state index contributed by atoms with van der Waals surface area (Å²) in [6, 6.07) is 0. The molecule has 0 aromatic carbocycles. The molecule has 156 valence electrons. The van der Waals surface area contributed by atoms with E-state index >= 15 is 0 Å². The summed E-state index contributed by atoms with van der Waals surface area (Å²) in [7, 11) is 0. The number of aliphatic carboxylic acids is 1. The number of ether oxygens (including phenoxy) is 1. The summed E-state index contributed by atoms with van der Waals surface area (Å²) >= 11 is 0. The van der Waals surface area contributed by atoms with Gasteiger partial charge in [0.05, 0.1) is 6.61 Å². The van der Waals surface area contributed by atoms with E-state index in [0.29, 0.717) is 6.61 Å². The first-order valence-electron chi connectivity index (χ1n) is 8.80. The molecule has 0 saturated carbocycles. The maximum Gasteiger partial charge on any atom is 4.00 e. The summed E-state index contributed by atoms with van der Waals surface area (Å²) in [6.07, 6.45) is 5.59. The molecule has 0 saturated heterocycles. The van der Waals surface area contributed by atoms with Crippen LogP contribution in [-0.4, -0.2) is 38.4 Å². The average molecular weight is 458 g/mol. The fourth-order valence-corrected chi connectivity index (χ4v) is 0.636. The third-order valence-electron chi connectivity index (χ3n) is 1.84. The van der Waals surface area contributed by atoms with Crippen LogP contribution in [0.1, 0.15) is 80.1 Å². The summed E-state index contributed by atoms with van der Waals surface area (Å²) in [6.45, 7) is 10.9. The Morgan fingerprint density at radius 3 is 0.962 bits per heavy atom. The van der Waals surface area contributed by atoms with Gasteiger partial charge in [-0.15, -0.1) is 19.8 Å². The Balaban J connectivity index is -0.0000000479. The third-order valence-corrected chi connectivity index (χ3v) is 1.84. The molecular formula is C18H38O7Zr. The third kappa shape index (κ3) is 161. The number of hydrogen-bond donors (Lipinski definition) is 0. The molecule has 0 aromatic rings. The van der Waals surface area contributed by atoms with E-state index in [-0.39, 0.29) is 52.0 Å². The minimum absolute atomic E-state index is 0. The maximum atomic E-state index is 9.82. The molecule has 0 N–H and O–H groups in total. The number of carbonyl (C=O) groups excluding carboxylic acids is 2. The number of carboxylic acid groups (broad SMARTS) is 1. The zero-order valence-electron chi connectivity index (χ0n) is 17.4. The summed E-state index contributed by atoms with van der Waals surface area (Å²) in [4.78, 5) is 18.7. The predicted molar refractivity (Wildman–Crippen MR) is 92.3 cm³/mol. The number of carboxylic acids is 1. The molecule has 0 aliphatic heterocycles. The van der Waals surface area contributed by atoms with E-state index in [1.807, 2.05) is 20.8 Å². The molecule has 0 aliphatic carbocycles. The second-order valence-electron chi connectivity index (χ2n) is 4.59. The summed E-state index contributed by atoms with van der Waals surface area (Å²) < 4.78 is 4.40. The van der Waals surface area contributed by atoms with E-state index in [0.717, 1.165) is 45.4 Å². The fourth-order valence-electron chi connectivity index (χ4n) is 0.636. The van der Waals surface area contributed by atoms with Gasteiger partial charge in [0, 0.05) is 12.9 Å². The molecule has 26 heavy (non-hydrogen) atoms. The number of esters is 1. The van der Waals surface area contributed by atoms with Crippen molar-refractivity contribution in [1.82, 2.24) is 0 Å². The van der Waals surface area contributed by atoms with Crippen molar-refractivity contribution in [2.45, 2.75) is 80.1 Å². The van der Waals surface area contributed by atoms with Crippen LogP contribution in [-0.2, 0) is 40.5 Å². The molecular weight excluding hydrogens is 419 g/mol. The largest absolute Gasteiger partial charge is 4.00 e. The van der Waals surface area contributed by atoms with Crippen molar-refractivity contribution < 1.29 is 61.0 Å². The van der Waals surface area contributed by atoms with Crippen LogP contribution in [0.2, 0.25) is 0 Å². The van der Waals surface area contributed by atoms with Crippen molar-refractivity contribution in [3.8, 4) is 0 Å². The normalized spacial score (nSPS) is 7.58. The second kappa shape index (κ2) is 49.7. The van der Waals surface area contributed by atoms with Gasteiger partial charge >= 0.3 is 32.2 Å². The molecule has 0 bridgehead atoms. The van der Waals surface area contributed by atoms with E-state index in [9.17, 15) is 20.1 Å². The number of hydrogen-bond acceptors (Lipinski definition) is 7. The van der Waals surface area contributed by atoms with Gasteiger partial charge in [-0.2, -0.15) is 0 Å². The second-order valence-corrected chi connectivity index (χ2v) is 4.59. The maximum absolute atomic E-state index is 9.82. The summed E-state index contributed by atoms with van der Waals surface area (Å²) in [5.74, 6) is -1.29. The Hall–Kier alpha value is -0.297. The van der Waals surface area contributed by atoms with Crippen molar-refractivity contribution in [2.24, 2.45) is 0 Å². The van der Waals surface area contributed by atoms with E-state index in [1.165, 1.54) is 6.92 Å². The van der Waals surface area contributed by atoms with E-state index in [2.05, 4.69) is 4.74 Å². The molecule has 0 aromatic heterocycles. The topological polar surface area (TPSA) is 136 Å². The van der Waals surface area contributed by atoms with Crippen LogP contribution in [0.25, 0.3) is 0 Å². The van der Waals surface area contributed by atoms with Gasteiger partial charge < -0.3 is 30.0 Å². The SMILES string of the molecule is CC(=O)[O-].CCCC[O-].CCCC[O-].CCCC[O-].CCOC(C)=O.[Zr+4]. The molecule has 0 aliphatic rings. The van der Waals surface area contributed by atoms with Gasteiger partial charge in [0.1, 0.15) is 0 Å². The molecule has 8 heteroatoms. The van der Waals surface area contributed by atoms with E-state index < -0.39 is 5.97 Å². The van der Waals surface area contributed by atoms with Gasteiger partial charge in [-0.3, -0.25) is 4.79 Å². The minimum Gasteiger partial charge on any atom is -0.854 e. The monoisotopic (exact) mass is 456 g/mol. The summed E-state index contributed by atoms with van der Waals surface area (Å²) in [5.41, 5.74) is 0. The van der Waals surface area contributed by atoms with Gasteiger partial charge in [0.25, 0.3) is 0 Å². The Labute approximate surface area is 179 Å². The molecule has 0 radical (unpaired) electrons. The van der Waals surface area contributed by atoms with Crippen LogP contribution < -0.4 is 20.4 Å². The molecule has 0 heterocycles. The van der Waals surface area contributed by atoms with Crippen LogP contribution in [0.4, 0.5) is 0 Å². The van der Waals surface area contributed by atoms with Gasteiger partial charge in [-0.25, -0.2) is 0 Å². The van der Waals surface area contributed by atoms with Crippen molar-refractivity contribution in [2.75, 3.05) is 26.4 Å². The van der Waals surface area contributed by atoms with Crippen LogP contribution in [0.3, 0.4) is 0 Å². The quantitative estimate of drug-likeness (QED) is 0.481. The van der Waals surface area contributed by atoms with Crippen LogP contribution in [0.5, 0.6) is 0 Å². The van der Waals surface area contributed by atoms with Crippen molar-refractivity contribution in [1.29, 1.82) is 0 Å². The molecule has 0 unspecified atom stereocenters. The zero-order valence-corrected chi connectivity index (χ0v) is 19.9. The molecule has 7 nitrogen and oxygen atoms in total. The smallest absolute Gasteiger partial charge is 0.854 e. The van der Waals surface area contributed by atoms with Crippen molar-refractivity contribution in [3.63, 3.8) is 0 Å². The van der Waals surface area contributed by atoms with Crippen molar-refractivity contribution in [3.05, 3.63) is 0 Å². The Morgan fingerprint density at radius 2 is 0.962 bits per heavy atom. The first-order chi connectivity index (χ1) is 11.7. The number of carbonyl (C=O) groups is 2. The molecule has 0 spiro atoms. The van der Waals surface area contributed by atoms with Gasteiger partial charge in [0.15, 0.2) is 0 Å². The standard InChI is InChI=1S/C4H8O2.3C4H9O.C2H4O2.Zr/c1-3-6-4(2)5;3*1-2-3-4-5;1-2(3)4;/h3H2,1-2H3;3*2-4H2,1H3;1H3,(H,3,4);/q;3*-1;;+4/p-1. The number of rotatable bonds is 7. The number of unbranched alkanes of at least 4 members (excludes halogenated alkanes) is 3. The van der Waals surface area contributed by atoms with Gasteiger partial charge in [-0.1, -0.05) is 59.3 Å². The molecule has 0 amide bonds.